The largest absolute Gasteiger partial charge is 0.494 e. The number of nitrogens with zero attached hydrogens (tertiary/aromatic N) is 1. The first kappa shape index (κ1) is 15.8. The molecule has 4 heteroatoms. The molecule has 1 aromatic rings. The van der Waals surface area contributed by atoms with Crippen molar-refractivity contribution in [3.8, 4) is 5.75 Å². The van der Waals surface area contributed by atoms with Crippen molar-refractivity contribution in [2.24, 2.45) is 0 Å². The van der Waals surface area contributed by atoms with Crippen LogP contribution in [0.25, 0.3) is 0 Å². The summed E-state index contributed by atoms with van der Waals surface area (Å²) in [4.78, 5) is 14.2. The van der Waals surface area contributed by atoms with Crippen LogP contribution in [0.5, 0.6) is 5.75 Å². The van der Waals surface area contributed by atoms with Gasteiger partial charge in [0.05, 0.1) is 6.61 Å². The summed E-state index contributed by atoms with van der Waals surface area (Å²) in [5.74, 6) is 0.925. The van der Waals surface area contributed by atoms with Gasteiger partial charge in [0.25, 0.3) is 5.91 Å². The van der Waals surface area contributed by atoms with Gasteiger partial charge in [0.2, 0.25) is 0 Å². The van der Waals surface area contributed by atoms with Gasteiger partial charge in [-0.1, -0.05) is 19.8 Å². The highest BCUT2D eigenvalue weighted by atomic mass is 16.5. The summed E-state index contributed by atoms with van der Waals surface area (Å²) >= 11 is 0. The molecule has 116 valence electrons. The molecule has 0 spiro atoms. The van der Waals surface area contributed by atoms with E-state index in [0.29, 0.717) is 6.04 Å². The summed E-state index contributed by atoms with van der Waals surface area (Å²) in [6, 6.07) is 7.80. The first-order chi connectivity index (χ1) is 10.2. The van der Waals surface area contributed by atoms with E-state index in [1.54, 1.807) is 0 Å². The molecule has 1 heterocycles. The van der Waals surface area contributed by atoms with E-state index in [2.05, 4.69) is 12.2 Å². The number of hydrogen-bond donors (Lipinski definition) is 1. The smallest absolute Gasteiger partial charge is 0.253 e. The highest BCUT2D eigenvalue weighted by Gasteiger charge is 2.23. The minimum absolute atomic E-state index is 0.0845. The van der Waals surface area contributed by atoms with Crippen LogP contribution in [-0.4, -0.2) is 43.6 Å². The lowest BCUT2D eigenvalue weighted by Crippen LogP contribution is -2.38. The van der Waals surface area contributed by atoms with Crippen LogP contribution in [0, 0.1) is 0 Å². The molecule has 1 amide bonds. The van der Waals surface area contributed by atoms with E-state index in [-0.39, 0.29) is 5.91 Å². The molecular weight excluding hydrogens is 264 g/mol. The Hall–Kier alpha value is -1.55. The zero-order chi connectivity index (χ0) is 15.1. The molecule has 1 N–H and O–H groups in total. The lowest BCUT2D eigenvalue weighted by molar-refractivity contribution is 0.0744. The number of nitrogens with one attached hydrogen (secondary N) is 1. The molecule has 4 nitrogen and oxygen atoms in total. The molecule has 0 aromatic heterocycles. The summed E-state index contributed by atoms with van der Waals surface area (Å²) in [5, 5.41) is 3.29. The van der Waals surface area contributed by atoms with Crippen LogP contribution in [0.15, 0.2) is 24.3 Å². The fourth-order valence-corrected chi connectivity index (χ4v) is 2.58. The average Bonchev–Trinajstić information content (AvgIpc) is 3.05. The molecule has 21 heavy (non-hydrogen) atoms. The van der Waals surface area contributed by atoms with Crippen LogP contribution >= 0.6 is 0 Å². The third-order valence-electron chi connectivity index (χ3n) is 4.02. The summed E-state index contributed by atoms with van der Waals surface area (Å²) in [5.41, 5.74) is 0.727. The van der Waals surface area contributed by atoms with Crippen LogP contribution in [0.4, 0.5) is 0 Å². The maximum atomic E-state index is 12.4. The summed E-state index contributed by atoms with van der Waals surface area (Å²) in [6.07, 6.45) is 4.49. The maximum absolute atomic E-state index is 12.4. The van der Waals surface area contributed by atoms with Crippen molar-refractivity contribution in [1.82, 2.24) is 10.2 Å². The minimum Gasteiger partial charge on any atom is -0.494 e. The predicted octanol–water partition coefficient (Wildman–Crippen LogP) is 2.69. The first-order valence-electron chi connectivity index (χ1n) is 7.93. The molecule has 1 unspecified atom stereocenters. The number of hydrogen-bond acceptors (Lipinski definition) is 3. The Morgan fingerprint density at radius 2 is 2.10 bits per heavy atom. The normalized spacial score (nSPS) is 17.7. The third kappa shape index (κ3) is 4.46. The molecule has 0 radical (unpaired) electrons. The lowest BCUT2D eigenvalue weighted by atomic mass is 10.1. The number of unbranched alkanes of at least 4 members (excludes halogenated alkanes) is 2. The molecule has 1 aliphatic rings. The molecule has 0 saturated carbocycles. The van der Waals surface area contributed by atoms with E-state index < -0.39 is 0 Å². The van der Waals surface area contributed by atoms with Gasteiger partial charge in [-0.25, -0.2) is 0 Å². The van der Waals surface area contributed by atoms with Gasteiger partial charge < -0.3 is 15.0 Å². The number of carbonyl (C=O) groups is 1. The van der Waals surface area contributed by atoms with E-state index in [1.165, 1.54) is 12.8 Å². The van der Waals surface area contributed by atoms with Crippen LogP contribution in [0.3, 0.4) is 0 Å². The van der Waals surface area contributed by atoms with E-state index in [9.17, 15) is 4.79 Å². The van der Waals surface area contributed by atoms with Crippen LogP contribution in [0.1, 0.15) is 43.0 Å². The van der Waals surface area contributed by atoms with E-state index in [0.717, 1.165) is 43.9 Å². The molecule has 1 aromatic carbocycles. The maximum Gasteiger partial charge on any atom is 0.253 e. The predicted molar refractivity (Wildman–Crippen MR) is 84.8 cm³/mol. The molecule has 1 fully saturated rings. The number of carbonyl (C=O) groups excluding carboxylic acids is 1. The summed E-state index contributed by atoms with van der Waals surface area (Å²) < 4.78 is 5.67. The molecule has 1 saturated heterocycles. The van der Waals surface area contributed by atoms with Crippen molar-refractivity contribution < 1.29 is 9.53 Å². The van der Waals surface area contributed by atoms with E-state index in [1.807, 2.05) is 36.2 Å². The molecular formula is C17H26N2O2. The highest BCUT2D eigenvalue weighted by Crippen LogP contribution is 2.16. The van der Waals surface area contributed by atoms with Crippen molar-refractivity contribution >= 4 is 5.91 Å². The molecule has 1 aliphatic heterocycles. The zero-order valence-corrected chi connectivity index (χ0v) is 13.1. The van der Waals surface area contributed by atoms with Crippen LogP contribution < -0.4 is 10.1 Å². The second kappa shape index (κ2) is 8.03. The standard InChI is InChI=1S/C17H26N2O2/c1-3-4-5-12-21-16-8-6-14(7-9-16)17(20)19(2)15-10-11-18-13-15/h6-9,15,18H,3-5,10-13H2,1-2H3. The Balaban J connectivity index is 1.87. The third-order valence-corrected chi connectivity index (χ3v) is 4.02. The van der Waals surface area contributed by atoms with Crippen molar-refractivity contribution in [3.05, 3.63) is 29.8 Å². The minimum atomic E-state index is 0.0845. The van der Waals surface area contributed by atoms with Gasteiger partial charge in [0, 0.05) is 25.2 Å². The van der Waals surface area contributed by atoms with Gasteiger partial charge in [-0.05, 0) is 43.7 Å². The fraction of sp³-hybridized carbons (Fsp3) is 0.588. The van der Waals surface area contributed by atoms with Crippen molar-refractivity contribution in [2.45, 2.75) is 38.6 Å². The number of benzene rings is 1. The number of rotatable bonds is 7. The zero-order valence-electron chi connectivity index (χ0n) is 13.1. The Morgan fingerprint density at radius 3 is 2.71 bits per heavy atom. The van der Waals surface area contributed by atoms with Gasteiger partial charge in [-0.3, -0.25) is 4.79 Å². The Labute approximate surface area is 127 Å². The molecule has 2 rings (SSSR count). The van der Waals surface area contributed by atoms with E-state index in [4.69, 9.17) is 4.74 Å². The first-order valence-corrected chi connectivity index (χ1v) is 7.93. The topological polar surface area (TPSA) is 41.6 Å². The van der Waals surface area contributed by atoms with Crippen molar-refractivity contribution in [2.75, 3.05) is 26.7 Å². The van der Waals surface area contributed by atoms with Gasteiger partial charge in [0.15, 0.2) is 0 Å². The van der Waals surface area contributed by atoms with Gasteiger partial charge in [-0.15, -0.1) is 0 Å². The van der Waals surface area contributed by atoms with Gasteiger partial charge in [-0.2, -0.15) is 0 Å². The Bertz CT molecular complexity index is 439. The second-order valence-corrected chi connectivity index (χ2v) is 5.64. The fourth-order valence-electron chi connectivity index (χ4n) is 2.58. The number of likely N-dealkylation sites (N-methyl/N-ethyl adjacent to an activating group) is 1. The van der Waals surface area contributed by atoms with Crippen LogP contribution in [-0.2, 0) is 0 Å². The van der Waals surface area contributed by atoms with Gasteiger partial charge >= 0.3 is 0 Å². The van der Waals surface area contributed by atoms with Crippen molar-refractivity contribution in [3.63, 3.8) is 0 Å². The van der Waals surface area contributed by atoms with Crippen LogP contribution in [0.2, 0.25) is 0 Å². The average molecular weight is 290 g/mol. The van der Waals surface area contributed by atoms with E-state index >= 15 is 0 Å². The van der Waals surface area contributed by atoms with Gasteiger partial charge in [0.1, 0.15) is 5.75 Å². The second-order valence-electron chi connectivity index (χ2n) is 5.64. The lowest BCUT2D eigenvalue weighted by Gasteiger charge is -2.23. The number of ether oxygens (including phenoxy) is 1. The molecule has 1 atom stereocenters. The summed E-state index contributed by atoms with van der Waals surface area (Å²) in [7, 11) is 1.88. The molecule has 0 bridgehead atoms. The highest BCUT2D eigenvalue weighted by molar-refractivity contribution is 5.94. The number of amides is 1. The Kier molecular flexibility index (Phi) is 6.05. The van der Waals surface area contributed by atoms with Crippen molar-refractivity contribution in [1.29, 1.82) is 0 Å². The quantitative estimate of drug-likeness (QED) is 0.785. The Morgan fingerprint density at radius 1 is 1.33 bits per heavy atom. The summed E-state index contributed by atoms with van der Waals surface area (Å²) in [6.45, 7) is 4.80. The monoisotopic (exact) mass is 290 g/mol. The SMILES string of the molecule is CCCCCOc1ccc(C(=O)N(C)C2CCNC2)cc1. The molecule has 0 aliphatic carbocycles.